The van der Waals surface area contributed by atoms with Gasteiger partial charge in [-0.05, 0) is 24.3 Å². The van der Waals surface area contributed by atoms with E-state index in [9.17, 15) is 4.79 Å². The summed E-state index contributed by atoms with van der Waals surface area (Å²) in [4.78, 5) is 13.6. The molecule has 1 amide bonds. The molecule has 0 aromatic heterocycles. The minimum absolute atomic E-state index is 0.0941. The first-order valence-electron chi connectivity index (χ1n) is 5.17. The van der Waals surface area contributed by atoms with E-state index < -0.39 is 0 Å². The second-order valence-corrected chi connectivity index (χ2v) is 4.08. The van der Waals surface area contributed by atoms with Crippen LogP contribution in [-0.2, 0) is 0 Å². The van der Waals surface area contributed by atoms with Gasteiger partial charge in [0.2, 0.25) is 0 Å². The third-order valence-corrected chi connectivity index (χ3v) is 2.81. The molecule has 16 heavy (non-hydrogen) atoms. The summed E-state index contributed by atoms with van der Waals surface area (Å²) in [5.74, 6) is 0.0507. The van der Waals surface area contributed by atoms with Crippen molar-refractivity contribution in [1.82, 2.24) is 4.90 Å². The largest absolute Gasteiger partial charge is 0.508 e. The van der Waals surface area contributed by atoms with Crippen LogP contribution >= 0.6 is 0 Å². The number of hydrogen-bond donors (Lipinski definition) is 3. The summed E-state index contributed by atoms with van der Waals surface area (Å²) in [6.07, 6.45) is 0. The zero-order chi connectivity index (χ0) is 11.7. The van der Waals surface area contributed by atoms with Crippen LogP contribution in [0.25, 0.3) is 0 Å². The lowest BCUT2D eigenvalue weighted by Gasteiger charge is -2.15. The fourth-order valence-corrected chi connectivity index (χ4v) is 1.81. The zero-order valence-electron chi connectivity index (χ0n) is 8.84. The summed E-state index contributed by atoms with van der Waals surface area (Å²) in [5, 5.41) is 9.12. The molecule has 5 heteroatoms. The number of nitrogens with zero attached hydrogens (tertiary/aromatic N) is 1. The van der Waals surface area contributed by atoms with Crippen molar-refractivity contribution >= 4 is 5.91 Å². The fourth-order valence-electron chi connectivity index (χ4n) is 1.81. The molecular formula is C11H15N3O2. The molecule has 1 fully saturated rings. The average molecular weight is 221 g/mol. The average Bonchev–Trinajstić information content (AvgIpc) is 2.59. The minimum Gasteiger partial charge on any atom is -0.508 e. The molecule has 0 spiro atoms. The smallest absolute Gasteiger partial charge is 0.253 e. The van der Waals surface area contributed by atoms with Crippen molar-refractivity contribution < 1.29 is 9.90 Å². The Balaban J connectivity index is 2.11. The first kappa shape index (κ1) is 10.9. The van der Waals surface area contributed by atoms with E-state index in [0.717, 1.165) is 0 Å². The molecule has 2 rings (SSSR count). The predicted molar refractivity (Wildman–Crippen MR) is 60.0 cm³/mol. The molecule has 86 valence electrons. The van der Waals surface area contributed by atoms with Gasteiger partial charge in [0.25, 0.3) is 5.91 Å². The number of carbonyl (C=O) groups excluding carboxylic acids is 1. The van der Waals surface area contributed by atoms with Gasteiger partial charge < -0.3 is 21.5 Å². The van der Waals surface area contributed by atoms with Crippen molar-refractivity contribution in [3.63, 3.8) is 0 Å². The van der Waals surface area contributed by atoms with Crippen LogP contribution in [0.1, 0.15) is 10.4 Å². The Morgan fingerprint density at radius 1 is 1.19 bits per heavy atom. The van der Waals surface area contributed by atoms with Crippen molar-refractivity contribution in [2.45, 2.75) is 12.1 Å². The maximum atomic E-state index is 12.0. The Hall–Kier alpha value is -1.59. The number of carbonyl (C=O) groups is 1. The van der Waals surface area contributed by atoms with E-state index in [1.54, 1.807) is 17.0 Å². The molecule has 1 heterocycles. The number of amides is 1. The quantitative estimate of drug-likeness (QED) is 0.596. The van der Waals surface area contributed by atoms with Gasteiger partial charge in [0.1, 0.15) is 5.75 Å². The molecule has 5 nitrogen and oxygen atoms in total. The van der Waals surface area contributed by atoms with Gasteiger partial charge >= 0.3 is 0 Å². The number of phenols is 1. The molecule has 1 aliphatic rings. The van der Waals surface area contributed by atoms with Crippen LogP contribution in [0.15, 0.2) is 24.3 Å². The molecule has 0 saturated carbocycles. The summed E-state index contributed by atoms with van der Waals surface area (Å²) < 4.78 is 0. The van der Waals surface area contributed by atoms with E-state index in [1.165, 1.54) is 12.1 Å². The summed E-state index contributed by atoms with van der Waals surface area (Å²) in [7, 11) is 0. The van der Waals surface area contributed by atoms with Crippen molar-refractivity contribution in [3.8, 4) is 5.75 Å². The van der Waals surface area contributed by atoms with E-state index >= 15 is 0 Å². The minimum atomic E-state index is -0.152. The number of benzene rings is 1. The molecule has 1 aliphatic heterocycles. The van der Waals surface area contributed by atoms with Crippen molar-refractivity contribution in [3.05, 3.63) is 29.8 Å². The molecule has 1 saturated heterocycles. The molecule has 0 radical (unpaired) electrons. The van der Waals surface area contributed by atoms with Crippen molar-refractivity contribution in [2.75, 3.05) is 13.1 Å². The van der Waals surface area contributed by atoms with Crippen LogP contribution in [0.5, 0.6) is 5.75 Å². The normalized spacial score (nSPS) is 24.8. The van der Waals surface area contributed by atoms with Gasteiger partial charge in [-0.1, -0.05) is 0 Å². The Labute approximate surface area is 93.6 Å². The first-order valence-corrected chi connectivity index (χ1v) is 5.17. The van der Waals surface area contributed by atoms with Gasteiger partial charge in [-0.25, -0.2) is 0 Å². The van der Waals surface area contributed by atoms with Gasteiger partial charge in [-0.15, -0.1) is 0 Å². The Bertz CT molecular complexity index is 381. The fraction of sp³-hybridized carbons (Fsp3) is 0.364. The Kier molecular flexibility index (Phi) is 2.80. The highest BCUT2D eigenvalue weighted by atomic mass is 16.3. The summed E-state index contributed by atoms with van der Waals surface area (Å²) >= 11 is 0. The van der Waals surface area contributed by atoms with Crippen LogP contribution in [0.2, 0.25) is 0 Å². The number of hydrogen-bond acceptors (Lipinski definition) is 4. The molecule has 5 N–H and O–H groups in total. The molecule has 2 atom stereocenters. The second-order valence-electron chi connectivity index (χ2n) is 4.08. The van der Waals surface area contributed by atoms with E-state index in [2.05, 4.69) is 0 Å². The summed E-state index contributed by atoms with van der Waals surface area (Å²) in [6, 6.07) is 5.86. The number of nitrogens with two attached hydrogens (primary N) is 2. The number of phenolic OH excluding ortho intramolecular Hbond substituents is 1. The first-order chi connectivity index (χ1) is 7.58. The molecule has 1 aromatic carbocycles. The van der Waals surface area contributed by atoms with E-state index in [0.29, 0.717) is 18.7 Å². The lowest BCUT2D eigenvalue weighted by molar-refractivity contribution is 0.0789. The van der Waals surface area contributed by atoms with Gasteiger partial charge in [-0.2, -0.15) is 0 Å². The van der Waals surface area contributed by atoms with Crippen LogP contribution in [0.4, 0.5) is 0 Å². The summed E-state index contributed by atoms with van der Waals surface area (Å²) in [6.45, 7) is 0.974. The highest BCUT2D eigenvalue weighted by Crippen LogP contribution is 2.14. The third kappa shape index (κ3) is 2.00. The van der Waals surface area contributed by atoms with Crippen molar-refractivity contribution in [2.24, 2.45) is 11.5 Å². The summed E-state index contributed by atoms with van der Waals surface area (Å²) in [5.41, 5.74) is 12.0. The van der Waals surface area contributed by atoms with E-state index in [-0.39, 0.29) is 23.7 Å². The van der Waals surface area contributed by atoms with Crippen molar-refractivity contribution in [1.29, 1.82) is 0 Å². The van der Waals surface area contributed by atoms with Gasteiger partial charge in [0, 0.05) is 30.7 Å². The SMILES string of the molecule is NC1CN(C(=O)c2ccc(O)cc2)CC1N. The number of aromatic hydroxyl groups is 1. The lowest BCUT2D eigenvalue weighted by Crippen LogP contribution is -2.39. The highest BCUT2D eigenvalue weighted by molar-refractivity contribution is 5.94. The molecule has 2 unspecified atom stereocenters. The maximum absolute atomic E-state index is 12.0. The Morgan fingerprint density at radius 2 is 1.69 bits per heavy atom. The lowest BCUT2D eigenvalue weighted by atomic mass is 10.2. The van der Waals surface area contributed by atoms with Gasteiger partial charge in [0.05, 0.1) is 0 Å². The zero-order valence-corrected chi connectivity index (χ0v) is 8.84. The molecule has 0 bridgehead atoms. The maximum Gasteiger partial charge on any atom is 0.253 e. The number of likely N-dealkylation sites (tertiary alicyclic amines) is 1. The van der Waals surface area contributed by atoms with Gasteiger partial charge in [-0.3, -0.25) is 4.79 Å². The number of rotatable bonds is 1. The molecule has 1 aromatic rings. The van der Waals surface area contributed by atoms with Gasteiger partial charge in [0.15, 0.2) is 0 Å². The standard InChI is InChI=1S/C11H15N3O2/c12-9-5-14(6-10(9)13)11(16)7-1-3-8(15)4-2-7/h1-4,9-10,15H,5-6,12-13H2. The predicted octanol–water partition coefficient (Wildman–Crippen LogP) is -0.497. The monoisotopic (exact) mass is 221 g/mol. The molecule has 0 aliphatic carbocycles. The van der Waals surface area contributed by atoms with Crippen LogP contribution in [0.3, 0.4) is 0 Å². The van der Waals surface area contributed by atoms with Crippen LogP contribution in [-0.4, -0.2) is 41.1 Å². The van der Waals surface area contributed by atoms with Crippen LogP contribution in [0, 0.1) is 0 Å². The van der Waals surface area contributed by atoms with E-state index in [1.807, 2.05) is 0 Å². The topological polar surface area (TPSA) is 92.6 Å². The Morgan fingerprint density at radius 3 is 2.19 bits per heavy atom. The molecular weight excluding hydrogens is 206 g/mol. The van der Waals surface area contributed by atoms with Crippen LogP contribution < -0.4 is 11.5 Å². The highest BCUT2D eigenvalue weighted by Gasteiger charge is 2.30. The third-order valence-electron chi connectivity index (χ3n) is 2.81. The van der Waals surface area contributed by atoms with E-state index in [4.69, 9.17) is 16.6 Å². The second kappa shape index (κ2) is 4.11.